The summed E-state index contributed by atoms with van der Waals surface area (Å²) in [4.78, 5) is 30.1. The van der Waals surface area contributed by atoms with Gasteiger partial charge in [-0.1, -0.05) is 11.6 Å². The van der Waals surface area contributed by atoms with Crippen LogP contribution in [0.3, 0.4) is 0 Å². The Hall–Kier alpha value is -3.20. The summed E-state index contributed by atoms with van der Waals surface area (Å²) in [6.07, 6.45) is 1.24. The summed E-state index contributed by atoms with van der Waals surface area (Å²) in [5, 5.41) is 19.2. The number of aromatic nitrogens is 2. The molecule has 136 valence electrons. The molecule has 0 aliphatic rings. The van der Waals surface area contributed by atoms with E-state index in [2.05, 4.69) is 15.3 Å². The Morgan fingerprint density at radius 1 is 1.46 bits per heavy atom. The summed E-state index contributed by atoms with van der Waals surface area (Å²) in [7, 11) is 0. The van der Waals surface area contributed by atoms with E-state index in [1.165, 1.54) is 20.0 Å². The number of benzene rings is 1. The molecule has 0 spiro atoms. The van der Waals surface area contributed by atoms with Crippen molar-refractivity contribution in [2.75, 3.05) is 0 Å². The van der Waals surface area contributed by atoms with Crippen LogP contribution < -0.4 is 16.6 Å². The molecule has 0 saturated heterocycles. The quantitative estimate of drug-likeness (QED) is 0.513. The predicted octanol–water partition coefficient (Wildman–Crippen LogP) is 1.73. The minimum atomic E-state index is -0.909. The molecule has 0 atom stereocenters. The molecule has 26 heavy (non-hydrogen) atoms. The molecular formula is C16H15ClFN5O3. The van der Waals surface area contributed by atoms with Crippen molar-refractivity contribution in [3.05, 3.63) is 57.2 Å². The first-order valence-corrected chi connectivity index (χ1v) is 7.60. The van der Waals surface area contributed by atoms with Crippen molar-refractivity contribution in [3.63, 3.8) is 0 Å². The number of nitrogens with two attached hydrogens (primary N) is 1. The van der Waals surface area contributed by atoms with E-state index >= 15 is 0 Å². The number of aryl methyl sites for hydroxylation is 1. The second-order valence-electron chi connectivity index (χ2n) is 5.39. The van der Waals surface area contributed by atoms with Crippen LogP contribution in [-0.2, 0) is 0 Å². The summed E-state index contributed by atoms with van der Waals surface area (Å²) < 4.78 is 14.4. The molecule has 1 heterocycles. The fourth-order valence-corrected chi connectivity index (χ4v) is 2.26. The third-order valence-electron chi connectivity index (χ3n) is 3.44. The number of carbonyl (C=O) groups excluding carboxylic acids is 1. The minimum Gasteiger partial charge on any atom is -0.507 e. The smallest absolute Gasteiger partial charge is 0.269 e. The first kappa shape index (κ1) is 19.1. The van der Waals surface area contributed by atoms with Gasteiger partial charge in [-0.2, -0.15) is 0 Å². The number of phenolic OH excluding ortho intramolecular Hbond substituents is 1. The molecule has 0 fully saturated rings. The molecule has 1 aromatic heterocycles. The van der Waals surface area contributed by atoms with Gasteiger partial charge in [0.15, 0.2) is 0 Å². The Bertz CT molecular complexity index is 996. The molecular weight excluding hydrogens is 365 g/mol. The number of hydrogen-bond acceptors (Lipinski definition) is 6. The Kier molecular flexibility index (Phi) is 5.41. The third kappa shape index (κ3) is 3.89. The second-order valence-corrected chi connectivity index (χ2v) is 5.76. The van der Waals surface area contributed by atoms with Gasteiger partial charge in [0.25, 0.3) is 11.5 Å². The fourth-order valence-electron chi connectivity index (χ4n) is 2.06. The Labute approximate surface area is 152 Å². The highest BCUT2D eigenvalue weighted by Crippen LogP contribution is 2.28. The molecule has 8 nitrogen and oxygen atoms in total. The lowest BCUT2D eigenvalue weighted by atomic mass is 10.1. The molecule has 1 amide bonds. The van der Waals surface area contributed by atoms with E-state index in [0.29, 0.717) is 0 Å². The summed E-state index contributed by atoms with van der Waals surface area (Å²) in [5.74, 6) is -2.32. The predicted molar refractivity (Wildman–Crippen MR) is 94.6 cm³/mol. The van der Waals surface area contributed by atoms with E-state index in [9.17, 15) is 19.1 Å². The topological polar surface area (TPSA) is 145 Å². The molecule has 0 aliphatic carbocycles. The molecule has 0 bridgehead atoms. The van der Waals surface area contributed by atoms with E-state index in [0.717, 1.165) is 12.1 Å². The number of H-pyrrole nitrogens is 1. The summed E-state index contributed by atoms with van der Waals surface area (Å²) in [6.45, 7) is 2.90. The molecule has 6 N–H and O–H groups in total. The zero-order chi connectivity index (χ0) is 19.6. The van der Waals surface area contributed by atoms with Crippen LogP contribution in [0.5, 0.6) is 5.75 Å². The number of nitrogens with zero attached hydrogens (tertiary/aromatic N) is 1. The maximum absolute atomic E-state index is 14.4. The van der Waals surface area contributed by atoms with E-state index in [4.69, 9.17) is 22.7 Å². The minimum absolute atomic E-state index is 0.0429. The molecule has 10 heteroatoms. The van der Waals surface area contributed by atoms with Gasteiger partial charge in [-0.3, -0.25) is 20.0 Å². The monoisotopic (exact) mass is 379 g/mol. The number of nitrogens with one attached hydrogen (secondary N) is 3. The van der Waals surface area contributed by atoms with Crippen molar-refractivity contribution in [2.24, 2.45) is 5.73 Å². The summed E-state index contributed by atoms with van der Waals surface area (Å²) >= 11 is 5.53. The van der Waals surface area contributed by atoms with Gasteiger partial charge in [-0.15, -0.1) is 0 Å². The first-order valence-electron chi connectivity index (χ1n) is 7.22. The lowest BCUT2D eigenvalue weighted by molar-refractivity contribution is 0.0964. The third-order valence-corrected chi connectivity index (χ3v) is 3.63. The number of aromatic amines is 1. The maximum Gasteiger partial charge on any atom is 0.269 e. The van der Waals surface area contributed by atoms with Gasteiger partial charge >= 0.3 is 0 Å². The highest BCUT2D eigenvalue weighted by atomic mass is 35.5. The van der Waals surface area contributed by atoms with Crippen molar-refractivity contribution < 1.29 is 14.3 Å². The van der Waals surface area contributed by atoms with Crippen LogP contribution in [0.2, 0.25) is 0 Å². The SMILES string of the molecule is CC(N)=C(NC(=O)c1cc(F)c(-c2cnc(C)c(=O)[nH]2)cc1O)C(=N)Cl. The highest BCUT2D eigenvalue weighted by molar-refractivity contribution is 6.68. The Morgan fingerprint density at radius 3 is 2.65 bits per heavy atom. The largest absolute Gasteiger partial charge is 0.507 e. The average molecular weight is 380 g/mol. The van der Waals surface area contributed by atoms with Crippen molar-refractivity contribution in [3.8, 4) is 17.0 Å². The average Bonchev–Trinajstić information content (AvgIpc) is 2.56. The lowest BCUT2D eigenvalue weighted by Crippen LogP contribution is -2.28. The van der Waals surface area contributed by atoms with Gasteiger partial charge in [0.1, 0.15) is 22.4 Å². The molecule has 2 rings (SSSR count). The number of allylic oxidation sites excluding steroid dienone is 2. The van der Waals surface area contributed by atoms with Crippen LogP contribution in [0.4, 0.5) is 4.39 Å². The number of hydrogen-bond donors (Lipinski definition) is 5. The zero-order valence-electron chi connectivity index (χ0n) is 13.8. The zero-order valence-corrected chi connectivity index (χ0v) is 14.5. The van der Waals surface area contributed by atoms with Crippen LogP contribution in [0, 0.1) is 18.2 Å². The molecule has 0 radical (unpaired) electrons. The van der Waals surface area contributed by atoms with Crippen molar-refractivity contribution in [2.45, 2.75) is 13.8 Å². The van der Waals surface area contributed by atoms with E-state index in [1.54, 1.807) is 0 Å². The van der Waals surface area contributed by atoms with Crippen LogP contribution in [-0.4, -0.2) is 26.2 Å². The molecule has 0 aliphatic heterocycles. The van der Waals surface area contributed by atoms with Crippen LogP contribution in [0.1, 0.15) is 23.0 Å². The van der Waals surface area contributed by atoms with Gasteiger partial charge in [-0.25, -0.2) is 4.39 Å². The number of halogens is 2. The van der Waals surface area contributed by atoms with E-state index < -0.39 is 33.8 Å². The molecule has 0 saturated carbocycles. The maximum atomic E-state index is 14.4. The molecule has 1 aromatic carbocycles. The number of carbonyl (C=O) groups is 1. The number of phenols is 1. The first-order chi connectivity index (χ1) is 12.1. The van der Waals surface area contributed by atoms with Crippen LogP contribution in [0.15, 0.2) is 34.5 Å². The normalized spacial score (nSPS) is 11.7. The number of aromatic hydroxyl groups is 1. The van der Waals surface area contributed by atoms with Gasteiger partial charge in [-0.05, 0) is 26.0 Å². The van der Waals surface area contributed by atoms with E-state index in [1.807, 2.05) is 0 Å². The van der Waals surface area contributed by atoms with Gasteiger partial charge in [0, 0.05) is 11.3 Å². The van der Waals surface area contributed by atoms with Gasteiger partial charge in [0.05, 0.1) is 23.2 Å². The molecule has 2 aromatic rings. The van der Waals surface area contributed by atoms with Gasteiger partial charge < -0.3 is 21.1 Å². The fraction of sp³-hybridized carbons (Fsp3) is 0.125. The van der Waals surface area contributed by atoms with Crippen LogP contribution >= 0.6 is 11.6 Å². The van der Waals surface area contributed by atoms with Crippen LogP contribution in [0.25, 0.3) is 11.3 Å². The molecule has 0 unspecified atom stereocenters. The highest BCUT2D eigenvalue weighted by Gasteiger charge is 2.19. The second kappa shape index (κ2) is 7.36. The lowest BCUT2D eigenvalue weighted by Gasteiger charge is -2.12. The number of amides is 1. The Balaban J connectivity index is 2.45. The summed E-state index contributed by atoms with van der Waals surface area (Å²) in [6, 6.07) is 1.77. The summed E-state index contributed by atoms with van der Waals surface area (Å²) in [5.41, 5.74) is 4.63. The van der Waals surface area contributed by atoms with E-state index in [-0.39, 0.29) is 28.3 Å². The van der Waals surface area contributed by atoms with Crippen molar-refractivity contribution >= 4 is 22.7 Å². The Morgan fingerprint density at radius 2 is 2.12 bits per heavy atom. The van der Waals surface area contributed by atoms with Crippen molar-refractivity contribution in [1.29, 1.82) is 5.41 Å². The number of rotatable bonds is 4. The van der Waals surface area contributed by atoms with Gasteiger partial charge in [0.2, 0.25) is 0 Å². The van der Waals surface area contributed by atoms with Crippen molar-refractivity contribution in [1.82, 2.24) is 15.3 Å². The standard InChI is InChI=1S/C16H15ClFN5O3/c1-6(19)13(14(17)20)23-16(26)9-3-10(18)8(4-12(9)24)11-5-21-7(2)15(25)22-11/h3-5,20,24H,19H2,1-2H3,(H,22,25)(H,23,26).